The second kappa shape index (κ2) is 7.93. The average Bonchev–Trinajstić information content (AvgIpc) is 3.17. The number of hydrogen-bond donors (Lipinski definition) is 2. The van der Waals surface area contributed by atoms with Crippen LogP contribution in [0.25, 0.3) is 17.4 Å². The molecule has 0 saturated carbocycles. The van der Waals surface area contributed by atoms with Crippen LogP contribution in [-0.2, 0) is 9.59 Å². The average molecular weight is 404 g/mol. The van der Waals surface area contributed by atoms with Crippen LogP contribution in [0.1, 0.15) is 23.0 Å². The van der Waals surface area contributed by atoms with Crippen molar-refractivity contribution < 1.29 is 29.0 Å². The van der Waals surface area contributed by atoms with E-state index in [2.05, 4.69) is 6.58 Å². The van der Waals surface area contributed by atoms with Gasteiger partial charge in [-0.1, -0.05) is 12.1 Å². The highest BCUT2D eigenvalue weighted by Gasteiger charge is 2.34. The lowest BCUT2D eigenvalue weighted by Gasteiger charge is -2.26. The van der Waals surface area contributed by atoms with Crippen LogP contribution in [0.3, 0.4) is 0 Å². The molecule has 0 fully saturated rings. The second-order valence-corrected chi connectivity index (χ2v) is 6.42. The molecule has 2 amide bonds. The summed E-state index contributed by atoms with van der Waals surface area (Å²) in [6, 6.07) is 8.99. The molecule has 1 aromatic heterocycles. The number of benzene rings is 1. The molecule has 0 unspecified atom stereocenters. The van der Waals surface area contributed by atoms with Gasteiger partial charge in [-0.3, -0.25) is 14.5 Å². The van der Waals surface area contributed by atoms with E-state index in [9.17, 15) is 24.8 Å². The lowest BCUT2D eigenvalue weighted by molar-refractivity contribution is -0.139. The molecule has 0 aliphatic carbocycles. The van der Waals surface area contributed by atoms with Crippen molar-refractivity contribution in [3.63, 3.8) is 0 Å². The van der Waals surface area contributed by atoms with Crippen molar-refractivity contribution in [1.29, 1.82) is 5.26 Å². The number of aromatic carboxylic acids is 1. The summed E-state index contributed by atoms with van der Waals surface area (Å²) < 4.78 is 5.70. The van der Waals surface area contributed by atoms with Crippen molar-refractivity contribution in [1.82, 2.24) is 4.90 Å². The molecule has 2 heterocycles. The van der Waals surface area contributed by atoms with Gasteiger partial charge < -0.3 is 14.6 Å². The predicted octanol–water partition coefficient (Wildman–Crippen LogP) is 3.13. The maximum absolute atomic E-state index is 12.7. The molecule has 3 rings (SSSR count). The number of carbonyl (C=O) groups excluding carboxylic acids is 2. The Labute approximate surface area is 171 Å². The quantitative estimate of drug-likeness (QED) is 0.444. The van der Waals surface area contributed by atoms with Gasteiger partial charge in [-0.15, -0.1) is 6.58 Å². The second-order valence-electron chi connectivity index (χ2n) is 6.42. The zero-order valence-electron chi connectivity index (χ0n) is 15.9. The van der Waals surface area contributed by atoms with Crippen LogP contribution in [0.15, 0.2) is 64.1 Å². The fourth-order valence-electron chi connectivity index (χ4n) is 3.02. The number of aromatic hydroxyl groups is 1. The minimum absolute atomic E-state index is 0.0356. The monoisotopic (exact) mass is 404 g/mol. The van der Waals surface area contributed by atoms with Crippen LogP contribution in [0.4, 0.5) is 0 Å². The van der Waals surface area contributed by atoms with E-state index in [-0.39, 0.29) is 34.6 Å². The molecule has 0 saturated heterocycles. The van der Waals surface area contributed by atoms with E-state index in [0.717, 1.165) is 4.90 Å². The molecule has 0 bridgehead atoms. The molecule has 0 atom stereocenters. The van der Waals surface area contributed by atoms with Gasteiger partial charge in [-0.25, -0.2) is 4.79 Å². The van der Waals surface area contributed by atoms with Crippen LogP contribution in [0.5, 0.6) is 5.75 Å². The summed E-state index contributed by atoms with van der Waals surface area (Å²) in [5, 5.41) is 28.2. The number of nitriles is 1. The summed E-state index contributed by atoms with van der Waals surface area (Å²) >= 11 is 0. The number of furan rings is 1. The van der Waals surface area contributed by atoms with Crippen molar-refractivity contribution >= 4 is 23.9 Å². The van der Waals surface area contributed by atoms with Crippen LogP contribution in [-0.4, -0.2) is 39.4 Å². The molecule has 30 heavy (non-hydrogen) atoms. The Morgan fingerprint density at radius 1 is 1.27 bits per heavy atom. The molecule has 1 aromatic carbocycles. The third-order valence-corrected chi connectivity index (χ3v) is 4.56. The summed E-state index contributed by atoms with van der Waals surface area (Å²) in [5.74, 6) is -2.30. The minimum Gasteiger partial charge on any atom is -0.507 e. The Morgan fingerprint density at radius 3 is 2.60 bits per heavy atom. The summed E-state index contributed by atoms with van der Waals surface area (Å²) in [6.07, 6.45) is 2.81. The first-order valence-electron chi connectivity index (χ1n) is 8.75. The summed E-state index contributed by atoms with van der Waals surface area (Å²) in [6.45, 7) is 5.00. The third kappa shape index (κ3) is 3.52. The SMILES string of the molecule is C=CCN1C(=O)C(C#N)=C(C)/C(=C/c2ccc(-c3ccc(C(=O)O)c(O)c3)o2)C1=O. The normalized spacial score (nSPS) is 15.5. The zero-order valence-corrected chi connectivity index (χ0v) is 15.9. The molecule has 150 valence electrons. The molecular formula is C22H16N2O6. The highest BCUT2D eigenvalue weighted by molar-refractivity contribution is 6.19. The zero-order chi connectivity index (χ0) is 22.0. The maximum Gasteiger partial charge on any atom is 0.339 e. The number of amides is 2. The number of phenols is 1. The van der Waals surface area contributed by atoms with Gasteiger partial charge in [0.05, 0.1) is 0 Å². The van der Waals surface area contributed by atoms with Gasteiger partial charge in [0.2, 0.25) is 0 Å². The fraction of sp³-hybridized carbons (Fsp3) is 0.0909. The highest BCUT2D eigenvalue weighted by atomic mass is 16.4. The summed E-state index contributed by atoms with van der Waals surface area (Å²) in [7, 11) is 0. The Kier molecular flexibility index (Phi) is 5.38. The Bertz CT molecular complexity index is 1190. The summed E-state index contributed by atoms with van der Waals surface area (Å²) in [4.78, 5) is 37.0. The van der Waals surface area contributed by atoms with Crippen LogP contribution < -0.4 is 0 Å². The van der Waals surface area contributed by atoms with Gasteiger partial charge in [-0.05, 0) is 42.8 Å². The lowest BCUT2D eigenvalue weighted by Crippen LogP contribution is -2.42. The van der Waals surface area contributed by atoms with E-state index >= 15 is 0 Å². The maximum atomic E-state index is 12.7. The van der Waals surface area contributed by atoms with Crippen molar-refractivity contribution in [3.05, 3.63) is 71.0 Å². The third-order valence-electron chi connectivity index (χ3n) is 4.56. The molecule has 0 radical (unpaired) electrons. The Hall–Kier alpha value is -4.38. The van der Waals surface area contributed by atoms with Crippen molar-refractivity contribution in [2.24, 2.45) is 0 Å². The van der Waals surface area contributed by atoms with E-state index in [1.165, 1.54) is 37.3 Å². The standard InChI is InChI=1S/C22H16N2O6/c1-3-8-24-20(26)16(12(2)17(11-23)21(24)27)10-14-5-7-19(30-14)13-4-6-15(22(28)29)18(25)9-13/h3-7,9-10,25H,1,8H2,2H3,(H,28,29)/b16-10-. The van der Waals surface area contributed by atoms with E-state index in [1.54, 1.807) is 12.1 Å². The van der Waals surface area contributed by atoms with Crippen LogP contribution in [0.2, 0.25) is 0 Å². The van der Waals surface area contributed by atoms with Gasteiger partial charge in [0.15, 0.2) is 0 Å². The molecule has 2 N–H and O–H groups in total. The molecule has 1 aliphatic heterocycles. The molecular weight excluding hydrogens is 388 g/mol. The topological polar surface area (TPSA) is 132 Å². The lowest BCUT2D eigenvalue weighted by atomic mass is 9.94. The summed E-state index contributed by atoms with van der Waals surface area (Å²) in [5.41, 5.74) is 0.443. The van der Waals surface area contributed by atoms with Gasteiger partial charge >= 0.3 is 5.97 Å². The first-order chi connectivity index (χ1) is 14.3. The number of nitrogens with zero attached hydrogens (tertiary/aromatic N) is 2. The minimum atomic E-state index is -1.26. The number of carboxylic acid groups (broad SMARTS) is 1. The van der Waals surface area contributed by atoms with E-state index in [4.69, 9.17) is 9.52 Å². The number of rotatable bonds is 5. The highest BCUT2D eigenvalue weighted by Crippen LogP contribution is 2.31. The molecule has 8 nitrogen and oxygen atoms in total. The number of carboxylic acids is 1. The number of imide groups is 1. The molecule has 8 heteroatoms. The van der Waals surface area contributed by atoms with Gasteiger partial charge in [0.1, 0.15) is 34.5 Å². The van der Waals surface area contributed by atoms with Crippen LogP contribution >= 0.6 is 0 Å². The first-order valence-corrected chi connectivity index (χ1v) is 8.75. The van der Waals surface area contributed by atoms with E-state index in [1.807, 2.05) is 6.07 Å². The van der Waals surface area contributed by atoms with E-state index in [0.29, 0.717) is 11.3 Å². The molecule has 0 spiro atoms. The largest absolute Gasteiger partial charge is 0.507 e. The molecule has 2 aromatic rings. The fourth-order valence-corrected chi connectivity index (χ4v) is 3.02. The number of carbonyl (C=O) groups is 3. The van der Waals surface area contributed by atoms with Crippen molar-refractivity contribution in [3.8, 4) is 23.1 Å². The van der Waals surface area contributed by atoms with Crippen LogP contribution in [0, 0.1) is 11.3 Å². The predicted molar refractivity (Wildman–Crippen MR) is 106 cm³/mol. The Morgan fingerprint density at radius 2 is 2.00 bits per heavy atom. The molecule has 1 aliphatic rings. The Balaban J connectivity index is 2.02. The van der Waals surface area contributed by atoms with Crippen molar-refractivity contribution in [2.75, 3.05) is 6.54 Å². The van der Waals surface area contributed by atoms with Gasteiger partial charge in [-0.2, -0.15) is 5.26 Å². The van der Waals surface area contributed by atoms with Gasteiger partial charge in [0.25, 0.3) is 11.8 Å². The van der Waals surface area contributed by atoms with Gasteiger partial charge in [0, 0.05) is 17.7 Å². The van der Waals surface area contributed by atoms with E-state index < -0.39 is 23.5 Å². The van der Waals surface area contributed by atoms with Crippen molar-refractivity contribution in [2.45, 2.75) is 6.92 Å². The smallest absolute Gasteiger partial charge is 0.339 e. The number of hydrogen-bond acceptors (Lipinski definition) is 6. The first kappa shape index (κ1) is 20.4.